The van der Waals surface area contributed by atoms with Crippen LogP contribution in [0.2, 0.25) is 0 Å². The molecule has 2 aromatic rings. The monoisotopic (exact) mass is 357 g/mol. The SMILES string of the molecule is COc1cccc(CNC(=O)CSc2nccc(C(F)(F)F)n2)c1. The quantitative estimate of drug-likeness (QED) is 0.636. The Kier molecular flexibility index (Phi) is 6.02. The van der Waals surface area contributed by atoms with Crippen LogP contribution in [-0.2, 0) is 17.5 Å². The van der Waals surface area contributed by atoms with E-state index in [1.54, 1.807) is 25.3 Å². The number of thioether (sulfide) groups is 1. The number of nitrogens with one attached hydrogen (secondary N) is 1. The lowest BCUT2D eigenvalue weighted by Crippen LogP contribution is -2.24. The van der Waals surface area contributed by atoms with Crippen molar-refractivity contribution in [3.63, 3.8) is 0 Å². The summed E-state index contributed by atoms with van der Waals surface area (Å²) in [6.07, 6.45) is -3.51. The molecule has 0 aliphatic rings. The molecule has 0 fully saturated rings. The third-order valence-electron chi connectivity index (χ3n) is 2.88. The molecule has 1 amide bonds. The number of carbonyl (C=O) groups excluding carboxylic acids is 1. The van der Waals surface area contributed by atoms with Gasteiger partial charge in [0.05, 0.1) is 12.9 Å². The van der Waals surface area contributed by atoms with E-state index in [1.165, 1.54) is 0 Å². The fourth-order valence-corrected chi connectivity index (χ4v) is 2.39. The predicted molar refractivity (Wildman–Crippen MR) is 82.6 cm³/mol. The van der Waals surface area contributed by atoms with Gasteiger partial charge in [-0.3, -0.25) is 4.79 Å². The molecule has 5 nitrogen and oxygen atoms in total. The zero-order chi connectivity index (χ0) is 17.6. The topological polar surface area (TPSA) is 64.1 Å². The van der Waals surface area contributed by atoms with E-state index in [2.05, 4.69) is 15.3 Å². The molecule has 0 radical (unpaired) electrons. The maximum Gasteiger partial charge on any atom is 0.433 e. The zero-order valence-electron chi connectivity index (χ0n) is 12.6. The van der Waals surface area contributed by atoms with E-state index < -0.39 is 11.9 Å². The normalized spacial score (nSPS) is 11.2. The number of nitrogens with zero attached hydrogens (tertiary/aromatic N) is 2. The molecule has 1 aromatic heterocycles. The van der Waals surface area contributed by atoms with E-state index in [1.807, 2.05) is 6.07 Å². The molecule has 0 saturated heterocycles. The Labute approximate surface area is 140 Å². The summed E-state index contributed by atoms with van der Waals surface area (Å²) in [6, 6.07) is 7.97. The van der Waals surface area contributed by atoms with Crippen molar-refractivity contribution in [2.45, 2.75) is 17.9 Å². The van der Waals surface area contributed by atoms with Gasteiger partial charge in [0.1, 0.15) is 11.4 Å². The molecule has 0 atom stereocenters. The largest absolute Gasteiger partial charge is 0.497 e. The summed E-state index contributed by atoms with van der Waals surface area (Å²) < 4.78 is 42.7. The molecule has 24 heavy (non-hydrogen) atoms. The summed E-state index contributed by atoms with van der Waals surface area (Å²) in [5.41, 5.74) is -0.181. The van der Waals surface area contributed by atoms with Gasteiger partial charge in [-0.25, -0.2) is 9.97 Å². The number of alkyl halides is 3. The molecular formula is C15H14F3N3O2S. The third-order valence-corrected chi connectivity index (χ3v) is 3.74. The number of amides is 1. The van der Waals surface area contributed by atoms with Gasteiger partial charge in [-0.15, -0.1) is 0 Å². The number of carbonyl (C=O) groups is 1. The minimum absolute atomic E-state index is 0.0781. The van der Waals surface area contributed by atoms with Crippen LogP contribution in [0.4, 0.5) is 13.2 Å². The summed E-state index contributed by atoms with van der Waals surface area (Å²) >= 11 is 0.843. The second kappa shape index (κ2) is 8.00. The Morgan fingerprint density at radius 2 is 2.12 bits per heavy atom. The average Bonchev–Trinajstić information content (AvgIpc) is 2.58. The fourth-order valence-electron chi connectivity index (χ4n) is 1.73. The highest BCUT2D eigenvalue weighted by Gasteiger charge is 2.32. The van der Waals surface area contributed by atoms with Gasteiger partial charge in [0.2, 0.25) is 5.91 Å². The zero-order valence-corrected chi connectivity index (χ0v) is 13.4. The molecule has 0 unspecified atom stereocenters. The Bertz CT molecular complexity index is 710. The van der Waals surface area contributed by atoms with Crippen LogP contribution in [0.25, 0.3) is 0 Å². The van der Waals surface area contributed by atoms with Crippen LogP contribution in [0, 0.1) is 0 Å². The van der Waals surface area contributed by atoms with Crippen molar-refractivity contribution in [2.24, 2.45) is 0 Å². The summed E-state index contributed by atoms with van der Waals surface area (Å²) in [5, 5.41) is 2.58. The van der Waals surface area contributed by atoms with Crippen molar-refractivity contribution < 1.29 is 22.7 Å². The molecule has 1 aromatic carbocycles. The second-order valence-electron chi connectivity index (χ2n) is 4.64. The maximum atomic E-state index is 12.5. The molecule has 2 rings (SSSR count). The number of hydrogen-bond donors (Lipinski definition) is 1. The molecule has 0 spiro atoms. The first kappa shape index (κ1) is 18.1. The molecule has 1 heterocycles. The van der Waals surface area contributed by atoms with Crippen LogP contribution >= 0.6 is 11.8 Å². The summed E-state index contributed by atoms with van der Waals surface area (Å²) in [6.45, 7) is 0.292. The van der Waals surface area contributed by atoms with Crippen LogP contribution in [0.3, 0.4) is 0 Å². The van der Waals surface area contributed by atoms with Gasteiger partial charge in [0.15, 0.2) is 5.16 Å². The van der Waals surface area contributed by atoms with Gasteiger partial charge in [-0.05, 0) is 23.8 Å². The number of aromatic nitrogens is 2. The Hall–Kier alpha value is -2.29. The molecule has 0 bridgehead atoms. The minimum atomic E-state index is -4.53. The van der Waals surface area contributed by atoms with Gasteiger partial charge in [-0.2, -0.15) is 13.2 Å². The molecule has 0 saturated carbocycles. The third kappa shape index (κ3) is 5.41. The van der Waals surface area contributed by atoms with Crippen molar-refractivity contribution in [1.29, 1.82) is 0 Å². The average molecular weight is 357 g/mol. The number of benzene rings is 1. The Morgan fingerprint density at radius 1 is 1.33 bits per heavy atom. The van der Waals surface area contributed by atoms with E-state index in [0.29, 0.717) is 12.3 Å². The van der Waals surface area contributed by atoms with Crippen molar-refractivity contribution in [2.75, 3.05) is 12.9 Å². The highest BCUT2D eigenvalue weighted by Crippen LogP contribution is 2.28. The van der Waals surface area contributed by atoms with Crippen LogP contribution in [0.1, 0.15) is 11.3 Å². The van der Waals surface area contributed by atoms with Crippen LogP contribution in [-0.4, -0.2) is 28.7 Å². The van der Waals surface area contributed by atoms with E-state index >= 15 is 0 Å². The number of ether oxygens (including phenoxy) is 1. The van der Waals surface area contributed by atoms with E-state index in [4.69, 9.17) is 4.74 Å². The molecular weight excluding hydrogens is 343 g/mol. The predicted octanol–water partition coefficient (Wildman–Crippen LogP) is 2.91. The van der Waals surface area contributed by atoms with Crippen LogP contribution < -0.4 is 10.1 Å². The lowest BCUT2D eigenvalue weighted by atomic mass is 10.2. The Morgan fingerprint density at radius 3 is 2.83 bits per heavy atom. The van der Waals surface area contributed by atoms with Crippen LogP contribution in [0.15, 0.2) is 41.7 Å². The molecule has 128 valence electrons. The first-order valence-corrected chi connectivity index (χ1v) is 7.79. The van der Waals surface area contributed by atoms with Gasteiger partial charge in [0, 0.05) is 12.7 Å². The fraction of sp³-hybridized carbons (Fsp3) is 0.267. The van der Waals surface area contributed by atoms with Crippen molar-refractivity contribution in [3.05, 3.63) is 47.8 Å². The highest BCUT2D eigenvalue weighted by atomic mass is 32.2. The van der Waals surface area contributed by atoms with E-state index in [-0.39, 0.29) is 16.8 Å². The van der Waals surface area contributed by atoms with Crippen LogP contribution in [0.5, 0.6) is 5.75 Å². The lowest BCUT2D eigenvalue weighted by Gasteiger charge is -2.08. The Balaban J connectivity index is 1.85. The molecule has 0 aliphatic heterocycles. The molecule has 1 N–H and O–H groups in total. The number of methoxy groups -OCH3 is 1. The maximum absolute atomic E-state index is 12.5. The first-order valence-electron chi connectivity index (χ1n) is 6.81. The molecule has 0 aliphatic carbocycles. The number of hydrogen-bond acceptors (Lipinski definition) is 5. The second-order valence-corrected chi connectivity index (χ2v) is 5.58. The van der Waals surface area contributed by atoms with Gasteiger partial charge >= 0.3 is 6.18 Å². The van der Waals surface area contributed by atoms with Gasteiger partial charge in [0.25, 0.3) is 0 Å². The van der Waals surface area contributed by atoms with Gasteiger partial charge in [-0.1, -0.05) is 23.9 Å². The number of rotatable bonds is 6. The van der Waals surface area contributed by atoms with Crippen molar-refractivity contribution in [3.8, 4) is 5.75 Å². The van der Waals surface area contributed by atoms with Crippen molar-refractivity contribution >= 4 is 17.7 Å². The standard InChI is InChI=1S/C15H14F3N3O2S/c1-23-11-4-2-3-10(7-11)8-20-13(22)9-24-14-19-6-5-12(21-14)15(16,17)18/h2-7H,8-9H2,1H3,(H,20,22). The summed E-state index contributed by atoms with van der Waals surface area (Å²) in [7, 11) is 1.55. The van der Waals surface area contributed by atoms with E-state index in [9.17, 15) is 18.0 Å². The highest BCUT2D eigenvalue weighted by molar-refractivity contribution is 7.99. The van der Waals surface area contributed by atoms with Gasteiger partial charge < -0.3 is 10.1 Å². The number of halogens is 3. The summed E-state index contributed by atoms with van der Waals surface area (Å²) in [4.78, 5) is 18.9. The van der Waals surface area contributed by atoms with Crippen molar-refractivity contribution in [1.82, 2.24) is 15.3 Å². The molecule has 9 heteroatoms. The first-order chi connectivity index (χ1) is 11.4. The minimum Gasteiger partial charge on any atom is -0.497 e. The summed E-state index contributed by atoms with van der Waals surface area (Å²) in [5.74, 6) is 0.267. The lowest BCUT2D eigenvalue weighted by molar-refractivity contribution is -0.141. The smallest absolute Gasteiger partial charge is 0.433 e. The van der Waals surface area contributed by atoms with E-state index in [0.717, 1.165) is 29.6 Å².